The summed E-state index contributed by atoms with van der Waals surface area (Å²) in [5.41, 5.74) is 9.01. The van der Waals surface area contributed by atoms with E-state index < -0.39 is 14.9 Å². The van der Waals surface area contributed by atoms with Crippen molar-refractivity contribution in [3.63, 3.8) is 0 Å². The topological polar surface area (TPSA) is 47.1 Å². The fourth-order valence-corrected chi connectivity index (χ4v) is 14.1. The lowest BCUT2D eigenvalue weighted by Crippen LogP contribution is -2.26. The zero-order valence-electron chi connectivity index (χ0n) is 30.3. The molecule has 0 saturated carbocycles. The van der Waals surface area contributed by atoms with Crippen LogP contribution < -0.4 is 29.3 Å². The average molecular weight is 763 g/mol. The third kappa shape index (κ3) is 5.26. The fraction of sp³-hybridized carbons (Fsp3) is 0. The first-order chi connectivity index (χ1) is 27.6. The monoisotopic (exact) mass is 762 g/mol. The van der Waals surface area contributed by atoms with E-state index in [1.54, 1.807) is 0 Å². The number of anilines is 8. The van der Waals surface area contributed by atoms with Gasteiger partial charge in [-0.3, -0.25) is 27.8 Å². The summed E-state index contributed by atoms with van der Waals surface area (Å²) in [4.78, 5) is 0. The molecule has 10 rings (SSSR count). The highest BCUT2D eigenvalue weighted by Gasteiger charge is 2.50. The Bertz CT molecular complexity index is 2570. The number of hydrogen-bond acceptors (Lipinski definition) is 2. The van der Waals surface area contributed by atoms with Crippen LogP contribution >= 0.6 is 14.9 Å². The van der Waals surface area contributed by atoms with Crippen LogP contribution in [0.1, 0.15) is 0 Å². The second kappa shape index (κ2) is 13.6. The molecule has 2 aliphatic rings. The van der Waals surface area contributed by atoms with Crippen LogP contribution in [0.3, 0.4) is 0 Å². The maximum absolute atomic E-state index is 15.8. The summed E-state index contributed by atoms with van der Waals surface area (Å²) in [6.45, 7) is 0. The van der Waals surface area contributed by atoms with Gasteiger partial charge < -0.3 is 0 Å². The predicted octanol–water partition coefficient (Wildman–Crippen LogP) is 13.0. The summed E-state index contributed by atoms with van der Waals surface area (Å²) >= 11 is 0. The van der Waals surface area contributed by atoms with Crippen molar-refractivity contribution in [3.8, 4) is 11.1 Å². The Morgan fingerprint density at radius 2 is 0.482 bits per heavy atom. The Kier molecular flexibility index (Phi) is 8.26. The van der Waals surface area contributed by atoms with Gasteiger partial charge in [0.1, 0.15) is 0 Å². The molecule has 0 amide bonds. The van der Waals surface area contributed by atoms with Gasteiger partial charge in [-0.1, -0.05) is 121 Å². The van der Waals surface area contributed by atoms with Gasteiger partial charge in [0.05, 0.1) is 33.4 Å². The second-order valence-corrected chi connectivity index (χ2v) is 18.6. The van der Waals surface area contributed by atoms with Crippen LogP contribution in [-0.4, -0.2) is 0 Å². The first-order valence-electron chi connectivity index (χ1n) is 18.6. The van der Waals surface area contributed by atoms with Crippen molar-refractivity contribution in [2.24, 2.45) is 0 Å². The highest BCUT2D eigenvalue weighted by atomic mass is 31.2. The molecule has 0 spiro atoms. The molecular weight excluding hydrogens is 727 g/mol. The predicted molar refractivity (Wildman–Crippen MR) is 234 cm³/mol. The van der Waals surface area contributed by atoms with Crippen molar-refractivity contribution in [3.05, 3.63) is 218 Å². The zero-order chi connectivity index (χ0) is 37.7. The van der Waals surface area contributed by atoms with Gasteiger partial charge in [0.2, 0.25) is 0 Å². The van der Waals surface area contributed by atoms with Gasteiger partial charge in [-0.2, -0.15) is 0 Å². The van der Waals surface area contributed by atoms with Crippen LogP contribution in [0.2, 0.25) is 0 Å². The van der Waals surface area contributed by atoms with Gasteiger partial charge in [-0.05, 0) is 108 Å². The SMILES string of the molecule is O=P1(c2ccccc2)N(c2ccccc2)c2ccccc2N1c1ccc(-c2ccc(N3c4ccccc4N(c4ccccc4)P3(=O)c3ccccc3)cc2)cc1. The third-order valence-corrected chi connectivity index (χ3v) is 16.4. The van der Waals surface area contributed by atoms with Crippen LogP contribution in [0.15, 0.2) is 218 Å². The highest BCUT2D eigenvalue weighted by molar-refractivity contribution is 7.76. The number of para-hydroxylation sites is 6. The van der Waals surface area contributed by atoms with Crippen LogP contribution in [0, 0.1) is 0 Å². The summed E-state index contributed by atoms with van der Waals surface area (Å²) in [6, 6.07) is 72.3. The zero-order valence-corrected chi connectivity index (χ0v) is 32.1. The van der Waals surface area contributed by atoms with E-state index in [1.165, 1.54) is 0 Å². The summed E-state index contributed by atoms with van der Waals surface area (Å²) in [5, 5.41) is 1.50. The normalized spacial score (nSPS) is 18.5. The van der Waals surface area contributed by atoms with Gasteiger partial charge in [0, 0.05) is 22.7 Å². The molecule has 2 aliphatic heterocycles. The molecule has 0 bridgehead atoms. The molecule has 0 fully saturated rings. The molecule has 2 unspecified atom stereocenters. The standard InChI is InChI=1S/C48H36N4O2P2/c53-55(43-21-9-3-10-22-43)49(39-17-5-1-6-18-39)45-25-13-15-27-47(45)51(55)41-33-29-37(30-34-41)38-31-35-42(36-32-38)52-48-28-16-14-26-46(48)50(40-19-7-2-8-20-40)56(52,54)44-23-11-4-12-24-44/h1-36H. The van der Waals surface area contributed by atoms with E-state index in [-0.39, 0.29) is 0 Å². The van der Waals surface area contributed by atoms with E-state index in [2.05, 4.69) is 48.5 Å². The quantitative estimate of drug-likeness (QED) is 0.151. The molecule has 0 aromatic heterocycles. The third-order valence-electron chi connectivity index (χ3n) is 10.5. The maximum atomic E-state index is 15.8. The van der Waals surface area contributed by atoms with Crippen molar-refractivity contribution >= 4 is 71.0 Å². The van der Waals surface area contributed by atoms with Crippen molar-refractivity contribution in [2.75, 3.05) is 18.7 Å². The number of hydrogen-bond donors (Lipinski definition) is 0. The first-order valence-corrected chi connectivity index (χ1v) is 21.8. The largest absolute Gasteiger partial charge is 0.301 e. The lowest BCUT2D eigenvalue weighted by molar-refractivity contribution is 0.581. The van der Waals surface area contributed by atoms with E-state index in [1.807, 2.05) is 189 Å². The minimum absolute atomic E-state index is 0.752. The summed E-state index contributed by atoms with van der Waals surface area (Å²) in [7, 11) is -6.87. The lowest BCUT2D eigenvalue weighted by atomic mass is 10.0. The molecular formula is C48H36N4O2P2. The molecule has 2 heterocycles. The molecule has 8 aromatic carbocycles. The van der Waals surface area contributed by atoms with Crippen molar-refractivity contribution in [1.29, 1.82) is 0 Å². The number of nitrogens with zero attached hydrogens (tertiary/aromatic N) is 4. The minimum atomic E-state index is -3.44. The average Bonchev–Trinajstić information content (AvgIpc) is 3.71. The Morgan fingerprint density at radius 3 is 0.768 bits per heavy atom. The first kappa shape index (κ1) is 33.9. The van der Waals surface area contributed by atoms with E-state index in [0.717, 1.165) is 67.2 Å². The summed E-state index contributed by atoms with van der Waals surface area (Å²) in [5.74, 6) is 0. The van der Waals surface area contributed by atoms with Gasteiger partial charge in [0.15, 0.2) is 0 Å². The molecule has 6 nitrogen and oxygen atoms in total. The molecule has 2 atom stereocenters. The van der Waals surface area contributed by atoms with Crippen LogP contribution in [-0.2, 0) is 9.13 Å². The Hall–Kier alpha value is -6.58. The van der Waals surface area contributed by atoms with Gasteiger partial charge in [-0.15, -0.1) is 0 Å². The molecule has 0 N–H and O–H groups in total. The molecule has 8 heteroatoms. The van der Waals surface area contributed by atoms with E-state index in [0.29, 0.717) is 0 Å². The molecule has 270 valence electrons. The molecule has 8 aromatic rings. The van der Waals surface area contributed by atoms with Gasteiger partial charge in [-0.25, -0.2) is 0 Å². The van der Waals surface area contributed by atoms with Gasteiger partial charge >= 0.3 is 14.9 Å². The number of fused-ring (bicyclic) bond motifs is 2. The molecule has 0 radical (unpaired) electrons. The van der Waals surface area contributed by atoms with Crippen molar-refractivity contribution in [2.45, 2.75) is 0 Å². The smallest absolute Gasteiger partial charge is 0.270 e. The molecule has 0 aliphatic carbocycles. The fourth-order valence-electron chi connectivity index (χ4n) is 8.02. The Morgan fingerprint density at radius 1 is 0.250 bits per heavy atom. The number of rotatable bonds is 7. The summed E-state index contributed by atoms with van der Waals surface area (Å²) < 4.78 is 39.7. The van der Waals surface area contributed by atoms with E-state index in [4.69, 9.17) is 0 Å². The summed E-state index contributed by atoms with van der Waals surface area (Å²) in [6.07, 6.45) is 0. The minimum Gasteiger partial charge on any atom is -0.270 e. The van der Waals surface area contributed by atoms with Crippen LogP contribution in [0.5, 0.6) is 0 Å². The van der Waals surface area contributed by atoms with Crippen molar-refractivity contribution in [1.82, 2.24) is 0 Å². The Labute approximate surface area is 327 Å². The van der Waals surface area contributed by atoms with Crippen LogP contribution in [0.25, 0.3) is 11.1 Å². The van der Waals surface area contributed by atoms with E-state index in [9.17, 15) is 0 Å². The maximum Gasteiger partial charge on any atom is 0.301 e. The Balaban J connectivity index is 1.04. The highest BCUT2D eigenvalue weighted by Crippen LogP contribution is 2.71. The molecule has 0 saturated heterocycles. The number of benzene rings is 8. The van der Waals surface area contributed by atoms with Gasteiger partial charge in [0.25, 0.3) is 0 Å². The molecule has 56 heavy (non-hydrogen) atoms. The van der Waals surface area contributed by atoms with Crippen LogP contribution in [0.4, 0.5) is 45.5 Å². The van der Waals surface area contributed by atoms with E-state index >= 15 is 9.13 Å². The lowest BCUT2D eigenvalue weighted by Gasteiger charge is -2.33. The van der Waals surface area contributed by atoms with Crippen molar-refractivity contribution < 1.29 is 9.13 Å². The second-order valence-electron chi connectivity index (χ2n) is 13.7.